The van der Waals surface area contributed by atoms with Crippen LogP contribution < -0.4 is 10.6 Å². The molecule has 2 aromatic carbocycles. The van der Waals surface area contributed by atoms with E-state index >= 15 is 0 Å². The first-order valence-corrected chi connectivity index (χ1v) is 8.33. The van der Waals surface area contributed by atoms with E-state index in [0.717, 1.165) is 30.5 Å². The normalized spacial score (nSPS) is 21.1. The molecular weight excluding hydrogens is 365 g/mol. The van der Waals surface area contributed by atoms with Crippen molar-refractivity contribution in [3.8, 4) is 5.75 Å². The van der Waals surface area contributed by atoms with Gasteiger partial charge in [0.15, 0.2) is 0 Å². The highest BCUT2D eigenvalue weighted by molar-refractivity contribution is 5.85. The molecule has 2 N–H and O–H groups in total. The molecule has 0 bridgehead atoms. The second-order valence-corrected chi connectivity index (χ2v) is 6.39. The Morgan fingerprint density at radius 1 is 1.08 bits per heavy atom. The third kappa shape index (κ3) is 5.37. The number of hydrogen-bond donors (Lipinski definition) is 1. The number of ether oxygens (including phenoxy) is 1. The molecule has 1 saturated heterocycles. The summed E-state index contributed by atoms with van der Waals surface area (Å²) in [5.41, 5.74) is 1.96. The first-order chi connectivity index (χ1) is 11.9. The predicted octanol–water partition coefficient (Wildman–Crippen LogP) is 4.88. The van der Waals surface area contributed by atoms with Crippen molar-refractivity contribution >= 4 is 12.4 Å². The van der Waals surface area contributed by atoms with Crippen LogP contribution in [0, 0.1) is 5.92 Å². The van der Waals surface area contributed by atoms with Gasteiger partial charge in [-0.1, -0.05) is 42.5 Å². The zero-order valence-electron chi connectivity index (χ0n) is 14.2. The number of rotatable bonds is 4. The fourth-order valence-corrected chi connectivity index (χ4v) is 3.60. The zero-order chi connectivity index (χ0) is 17.9. The summed E-state index contributed by atoms with van der Waals surface area (Å²) in [6.07, 6.45) is -2.06. The SMILES string of the molecule is Cl.NN1CCC[C@@H](Cc2cccc(OC(F)(F)F)c2)[C@H]1c1ccccc1. The van der Waals surface area contributed by atoms with Gasteiger partial charge in [-0.15, -0.1) is 25.6 Å². The summed E-state index contributed by atoms with van der Waals surface area (Å²) >= 11 is 0. The van der Waals surface area contributed by atoms with Crippen molar-refractivity contribution in [2.75, 3.05) is 6.54 Å². The predicted molar refractivity (Wildman–Crippen MR) is 96.9 cm³/mol. The Kier molecular flexibility index (Phi) is 6.92. The molecule has 0 unspecified atom stereocenters. The van der Waals surface area contributed by atoms with E-state index in [1.54, 1.807) is 6.07 Å². The second-order valence-electron chi connectivity index (χ2n) is 6.39. The summed E-state index contributed by atoms with van der Waals surface area (Å²) in [5.74, 6) is 6.29. The Morgan fingerprint density at radius 3 is 2.50 bits per heavy atom. The van der Waals surface area contributed by atoms with E-state index in [-0.39, 0.29) is 30.1 Å². The van der Waals surface area contributed by atoms with E-state index in [0.29, 0.717) is 6.42 Å². The molecule has 1 aliphatic rings. The van der Waals surface area contributed by atoms with Gasteiger partial charge < -0.3 is 4.74 Å². The molecule has 1 aliphatic heterocycles. The number of hydrazine groups is 1. The van der Waals surface area contributed by atoms with Gasteiger partial charge in [0.05, 0.1) is 6.04 Å². The largest absolute Gasteiger partial charge is 0.573 e. The molecule has 142 valence electrons. The number of nitrogens with two attached hydrogens (primary N) is 1. The lowest BCUT2D eigenvalue weighted by atomic mass is 9.81. The number of hydrogen-bond acceptors (Lipinski definition) is 3. The molecular formula is C19H22ClF3N2O. The molecule has 2 aromatic rings. The van der Waals surface area contributed by atoms with Crippen LogP contribution in [0.1, 0.15) is 30.0 Å². The first-order valence-electron chi connectivity index (χ1n) is 8.33. The second kappa shape index (κ2) is 8.75. The maximum Gasteiger partial charge on any atom is 0.573 e. The molecule has 7 heteroatoms. The highest BCUT2D eigenvalue weighted by Crippen LogP contribution is 2.36. The van der Waals surface area contributed by atoms with Gasteiger partial charge >= 0.3 is 6.36 Å². The van der Waals surface area contributed by atoms with Crippen molar-refractivity contribution in [3.63, 3.8) is 0 Å². The lowest BCUT2D eigenvalue weighted by Crippen LogP contribution is -2.44. The van der Waals surface area contributed by atoms with Gasteiger partial charge in [0.1, 0.15) is 5.75 Å². The highest BCUT2D eigenvalue weighted by atomic mass is 35.5. The van der Waals surface area contributed by atoms with Gasteiger partial charge in [-0.2, -0.15) is 0 Å². The Hall–Kier alpha value is -1.76. The van der Waals surface area contributed by atoms with Gasteiger partial charge in [0.25, 0.3) is 0 Å². The van der Waals surface area contributed by atoms with Crippen LogP contribution in [0.15, 0.2) is 54.6 Å². The third-order valence-corrected chi connectivity index (χ3v) is 4.57. The molecule has 1 heterocycles. The number of halogens is 4. The van der Waals surface area contributed by atoms with Gasteiger partial charge in [-0.05, 0) is 48.4 Å². The summed E-state index contributed by atoms with van der Waals surface area (Å²) in [5, 5.41) is 1.85. The topological polar surface area (TPSA) is 38.5 Å². The minimum Gasteiger partial charge on any atom is -0.406 e. The van der Waals surface area contributed by atoms with E-state index in [9.17, 15) is 13.2 Å². The van der Waals surface area contributed by atoms with E-state index in [1.165, 1.54) is 12.1 Å². The Balaban J connectivity index is 0.00000243. The molecule has 3 rings (SSSR count). The Bertz CT molecular complexity index is 697. The van der Waals surface area contributed by atoms with Gasteiger partial charge in [0, 0.05) is 6.54 Å². The molecule has 26 heavy (non-hydrogen) atoms. The summed E-state index contributed by atoms with van der Waals surface area (Å²) in [6.45, 7) is 0.813. The lowest BCUT2D eigenvalue weighted by Gasteiger charge is -2.39. The summed E-state index contributed by atoms with van der Waals surface area (Å²) in [4.78, 5) is 0. The average molecular weight is 387 g/mol. The maximum atomic E-state index is 12.4. The van der Waals surface area contributed by atoms with Crippen molar-refractivity contribution in [1.82, 2.24) is 5.01 Å². The Labute approximate surface area is 157 Å². The quantitative estimate of drug-likeness (QED) is 0.761. The zero-order valence-corrected chi connectivity index (χ0v) is 15.0. The molecule has 0 saturated carbocycles. The standard InChI is InChI=1S/C19H21F3N2O.ClH/c20-19(21,22)25-17-10-4-6-14(13-17)12-16-9-5-11-24(23)18(16)15-7-2-1-3-8-15;/h1-4,6-8,10,13,16,18H,5,9,11-12,23H2;1H/t16-,18+;/m0./s1. The Morgan fingerprint density at radius 2 is 1.81 bits per heavy atom. The molecule has 0 radical (unpaired) electrons. The highest BCUT2D eigenvalue weighted by Gasteiger charge is 2.32. The number of alkyl halides is 3. The van der Waals surface area contributed by atoms with Crippen LogP contribution in [-0.2, 0) is 6.42 Å². The fourth-order valence-electron chi connectivity index (χ4n) is 3.60. The van der Waals surface area contributed by atoms with Gasteiger partial charge in [-0.3, -0.25) is 5.84 Å². The monoisotopic (exact) mass is 386 g/mol. The van der Waals surface area contributed by atoms with Crippen LogP contribution in [0.5, 0.6) is 5.75 Å². The number of nitrogens with zero attached hydrogens (tertiary/aromatic N) is 1. The molecule has 0 aliphatic carbocycles. The summed E-state index contributed by atoms with van der Waals surface area (Å²) in [6, 6.07) is 16.3. The molecule has 3 nitrogen and oxygen atoms in total. The van der Waals surface area contributed by atoms with Crippen LogP contribution in [0.4, 0.5) is 13.2 Å². The van der Waals surface area contributed by atoms with Crippen molar-refractivity contribution in [2.24, 2.45) is 11.8 Å². The molecule has 2 atom stereocenters. The fraction of sp³-hybridized carbons (Fsp3) is 0.368. The maximum absolute atomic E-state index is 12.4. The molecule has 1 fully saturated rings. The summed E-state index contributed by atoms with van der Waals surface area (Å²) < 4.78 is 41.3. The van der Waals surface area contributed by atoms with Gasteiger partial charge in [0.2, 0.25) is 0 Å². The smallest absolute Gasteiger partial charge is 0.406 e. The van der Waals surface area contributed by atoms with Crippen LogP contribution in [-0.4, -0.2) is 17.9 Å². The van der Waals surface area contributed by atoms with Crippen LogP contribution in [0.2, 0.25) is 0 Å². The number of benzene rings is 2. The molecule has 0 amide bonds. The molecule has 0 aromatic heterocycles. The lowest BCUT2D eigenvalue weighted by molar-refractivity contribution is -0.274. The van der Waals surface area contributed by atoms with Crippen molar-refractivity contribution in [3.05, 3.63) is 65.7 Å². The van der Waals surface area contributed by atoms with E-state index < -0.39 is 6.36 Å². The average Bonchev–Trinajstić information content (AvgIpc) is 2.54. The van der Waals surface area contributed by atoms with E-state index in [1.807, 2.05) is 41.4 Å². The van der Waals surface area contributed by atoms with E-state index in [2.05, 4.69) is 4.74 Å². The molecule has 0 spiro atoms. The van der Waals surface area contributed by atoms with Crippen molar-refractivity contribution in [2.45, 2.75) is 31.7 Å². The van der Waals surface area contributed by atoms with Crippen molar-refractivity contribution in [1.29, 1.82) is 0 Å². The van der Waals surface area contributed by atoms with Crippen LogP contribution in [0.3, 0.4) is 0 Å². The minimum absolute atomic E-state index is 0. The summed E-state index contributed by atoms with van der Waals surface area (Å²) in [7, 11) is 0. The number of piperidine rings is 1. The van der Waals surface area contributed by atoms with Crippen molar-refractivity contribution < 1.29 is 17.9 Å². The third-order valence-electron chi connectivity index (χ3n) is 4.57. The minimum atomic E-state index is -4.68. The van der Waals surface area contributed by atoms with Crippen LogP contribution in [0.25, 0.3) is 0 Å². The van der Waals surface area contributed by atoms with Gasteiger partial charge in [-0.25, -0.2) is 5.01 Å². The first kappa shape index (κ1) is 20.6. The van der Waals surface area contributed by atoms with E-state index in [4.69, 9.17) is 5.84 Å². The van der Waals surface area contributed by atoms with Crippen LogP contribution >= 0.6 is 12.4 Å².